The van der Waals surface area contributed by atoms with Crippen molar-refractivity contribution in [3.63, 3.8) is 0 Å². The number of aliphatic hydroxyl groups excluding tert-OH is 1. The van der Waals surface area contributed by atoms with Gasteiger partial charge < -0.3 is 29.8 Å². The molecule has 1 saturated heterocycles. The van der Waals surface area contributed by atoms with Gasteiger partial charge >= 0.3 is 0 Å². The van der Waals surface area contributed by atoms with E-state index in [4.69, 9.17) is 9.47 Å². The van der Waals surface area contributed by atoms with Crippen molar-refractivity contribution in [2.75, 3.05) is 26.9 Å². The van der Waals surface area contributed by atoms with E-state index in [1.165, 1.54) is 18.0 Å². The first-order valence-electron chi connectivity index (χ1n) is 14.8. The third kappa shape index (κ3) is 7.26. The van der Waals surface area contributed by atoms with Gasteiger partial charge in [0.1, 0.15) is 17.3 Å². The van der Waals surface area contributed by atoms with Crippen LogP contribution in [0.3, 0.4) is 0 Å². The Morgan fingerprint density at radius 3 is 2.61 bits per heavy atom. The van der Waals surface area contributed by atoms with Crippen molar-refractivity contribution in [3.05, 3.63) is 45.6 Å². The molecular weight excluding hydrogens is 652 g/mol. The van der Waals surface area contributed by atoms with E-state index in [0.717, 1.165) is 23.7 Å². The van der Waals surface area contributed by atoms with Crippen LogP contribution in [-0.4, -0.2) is 76.4 Å². The summed E-state index contributed by atoms with van der Waals surface area (Å²) in [6.07, 6.45) is 5.74. The number of aromatic nitrogens is 1. The molecule has 0 bridgehead atoms. The van der Waals surface area contributed by atoms with Crippen LogP contribution in [0.5, 0.6) is 11.6 Å². The summed E-state index contributed by atoms with van der Waals surface area (Å²) in [4.78, 5) is 54.8. The van der Waals surface area contributed by atoms with Crippen LogP contribution in [0.15, 0.2) is 40.1 Å². The first-order valence-corrected chi connectivity index (χ1v) is 16.4. The normalized spacial score (nSPS) is 22.5. The molecule has 0 spiro atoms. The first kappa shape index (κ1) is 33.9. The molecule has 2 saturated carbocycles. The van der Waals surface area contributed by atoms with E-state index in [2.05, 4.69) is 37.5 Å². The summed E-state index contributed by atoms with van der Waals surface area (Å²) in [7, 11) is 1.58. The van der Waals surface area contributed by atoms with Crippen LogP contribution in [0.1, 0.15) is 52.9 Å². The fourth-order valence-electron chi connectivity index (χ4n) is 5.12. The molecule has 3 fully saturated rings. The fourth-order valence-corrected chi connectivity index (χ4v) is 6.56. The predicted octanol–water partition coefficient (Wildman–Crippen LogP) is 3.68. The predicted molar refractivity (Wildman–Crippen MR) is 174 cm³/mol. The van der Waals surface area contributed by atoms with Crippen LogP contribution in [-0.2, 0) is 14.4 Å². The molecule has 4 N–H and O–H groups in total. The molecule has 2 aromatic rings. The highest BCUT2D eigenvalue weighted by molar-refractivity contribution is 9.10. The van der Waals surface area contributed by atoms with Crippen LogP contribution in [0.25, 0.3) is 10.9 Å². The van der Waals surface area contributed by atoms with Gasteiger partial charge in [-0.2, -0.15) is 0 Å². The molecule has 5 rings (SSSR count). The van der Waals surface area contributed by atoms with E-state index in [1.807, 2.05) is 6.92 Å². The van der Waals surface area contributed by atoms with Gasteiger partial charge in [0.25, 0.3) is 5.91 Å². The Kier molecular flexibility index (Phi) is 10.7. The molecule has 1 aromatic carbocycles. The number of rotatable bonds is 11. The topological polar surface area (TPSA) is 150 Å². The third-order valence-corrected chi connectivity index (χ3v) is 9.98. The van der Waals surface area contributed by atoms with Crippen molar-refractivity contribution in [2.24, 2.45) is 11.3 Å². The number of aliphatic hydroxyl groups is 1. The van der Waals surface area contributed by atoms with Crippen LogP contribution < -0.4 is 24.9 Å². The van der Waals surface area contributed by atoms with Gasteiger partial charge in [0, 0.05) is 29.2 Å². The summed E-state index contributed by atoms with van der Waals surface area (Å²) in [5.74, 6) is 0.303. The largest absolute Gasteiger partial charge is 0.495 e. The molecule has 13 heteroatoms. The van der Waals surface area contributed by atoms with E-state index in [9.17, 15) is 24.3 Å². The molecule has 11 nitrogen and oxygen atoms in total. The lowest BCUT2D eigenvalue weighted by Crippen LogP contribution is -2.56. The summed E-state index contributed by atoms with van der Waals surface area (Å²) in [6, 6.07) is 4.33. The number of amides is 3. The van der Waals surface area contributed by atoms with Crippen LogP contribution in [0, 0.1) is 11.3 Å². The summed E-state index contributed by atoms with van der Waals surface area (Å²) in [5.41, 5.74) is -1.28. The lowest BCUT2D eigenvalue weighted by Gasteiger charge is -2.32. The maximum atomic E-state index is 13.0. The number of carbonyl (C=O) groups is 3. The number of halogens is 1. The van der Waals surface area contributed by atoms with Crippen LogP contribution in [0.2, 0.25) is 0 Å². The van der Waals surface area contributed by atoms with Gasteiger partial charge in [-0.25, -0.2) is 0 Å². The zero-order valence-corrected chi connectivity index (χ0v) is 27.9. The second-order valence-electron chi connectivity index (χ2n) is 11.9. The Morgan fingerprint density at radius 2 is 2.02 bits per heavy atom. The lowest BCUT2D eigenvalue weighted by molar-refractivity contribution is -0.147. The lowest BCUT2D eigenvalue weighted by atomic mass is 9.92. The van der Waals surface area contributed by atoms with E-state index < -0.39 is 17.0 Å². The average Bonchev–Trinajstić information content (AvgIpc) is 3.92. The zero-order valence-electron chi connectivity index (χ0n) is 25.5. The van der Waals surface area contributed by atoms with E-state index in [0.29, 0.717) is 53.8 Å². The molecule has 2 heterocycles. The SMILES string of the molecule is C=CC1C[C@]1(NC(=O)C1CCCN1C(=O)C(C)(C)CO)C(=O)NSC1CC1.CCOc1cc(=O)c2ccc(OC)c(Br)c2[nH]1. The number of nitrogens with one attached hydrogen (secondary N) is 3. The molecule has 2 unspecified atom stereocenters. The molecular formula is C31H41BrN4O7S. The number of carbonyl (C=O) groups excluding carboxylic acids is 3. The minimum absolute atomic E-state index is 0.0782. The zero-order chi connectivity index (χ0) is 32.2. The second kappa shape index (κ2) is 13.9. The van der Waals surface area contributed by atoms with E-state index >= 15 is 0 Å². The molecule has 3 aliphatic rings. The van der Waals surface area contributed by atoms with Gasteiger partial charge in [-0.1, -0.05) is 6.08 Å². The van der Waals surface area contributed by atoms with E-state index in [-0.39, 0.29) is 35.7 Å². The van der Waals surface area contributed by atoms with Gasteiger partial charge in [-0.3, -0.25) is 23.9 Å². The molecule has 2 aliphatic carbocycles. The number of likely N-dealkylation sites (tertiary alicyclic amines) is 1. The Labute approximate surface area is 269 Å². The van der Waals surface area contributed by atoms with E-state index in [1.54, 1.807) is 44.1 Å². The van der Waals surface area contributed by atoms with Crippen molar-refractivity contribution in [2.45, 2.75) is 69.7 Å². The summed E-state index contributed by atoms with van der Waals surface area (Å²) >= 11 is 4.83. The third-order valence-electron chi connectivity index (χ3n) is 8.09. The Bertz CT molecular complexity index is 1480. The number of aromatic amines is 1. The highest BCUT2D eigenvalue weighted by Crippen LogP contribution is 2.46. The number of pyridine rings is 1. The number of hydrogen-bond donors (Lipinski definition) is 4. The highest BCUT2D eigenvalue weighted by atomic mass is 79.9. The van der Waals surface area contributed by atoms with Crippen molar-refractivity contribution < 1.29 is 29.0 Å². The van der Waals surface area contributed by atoms with Gasteiger partial charge in [0.05, 0.1) is 35.7 Å². The maximum Gasteiger partial charge on any atom is 0.256 e. The molecule has 0 radical (unpaired) electrons. The minimum atomic E-state index is -0.954. The van der Waals surface area contributed by atoms with Crippen molar-refractivity contribution >= 4 is 56.5 Å². The number of methoxy groups -OCH3 is 1. The van der Waals surface area contributed by atoms with Crippen LogP contribution in [0.4, 0.5) is 0 Å². The number of nitrogens with zero attached hydrogens (tertiary/aromatic N) is 1. The number of benzene rings is 1. The fraction of sp³-hybridized carbons (Fsp3) is 0.548. The second-order valence-corrected chi connectivity index (χ2v) is 13.8. The van der Waals surface area contributed by atoms with Crippen molar-refractivity contribution in [3.8, 4) is 11.6 Å². The molecule has 1 aromatic heterocycles. The average molecular weight is 694 g/mol. The van der Waals surface area contributed by atoms with Crippen LogP contribution >= 0.6 is 27.9 Å². The standard InChI is InChI=1S/C19H29N3O4S.C12H12BrNO3/c1-4-12-10-19(12,16(25)21-27-13-7-8-13)20-15(24)14-6-5-9-22(14)17(26)18(2,3)11-23;1-3-17-10-6-8(15)7-4-5-9(16-2)11(13)12(7)14-10/h4,12-14,23H,1,5-11H2,2-3H3,(H,20,24)(H,21,25);4-6H,3H2,1-2H3,(H,14,15)/t12?,14?,19-;/m1./s1. The van der Waals surface area contributed by atoms with Gasteiger partial charge in [0.2, 0.25) is 11.8 Å². The molecule has 44 heavy (non-hydrogen) atoms. The molecule has 3 atom stereocenters. The Balaban J connectivity index is 0.000000223. The van der Waals surface area contributed by atoms with Gasteiger partial charge in [-0.05, 0) is 92.9 Å². The number of ether oxygens (including phenoxy) is 2. The monoisotopic (exact) mass is 692 g/mol. The Hall–Kier alpha value is -3.03. The Morgan fingerprint density at radius 1 is 1.30 bits per heavy atom. The summed E-state index contributed by atoms with van der Waals surface area (Å²) in [6.45, 7) is 9.68. The highest BCUT2D eigenvalue weighted by Gasteiger charge is 2.60. The molecule has 1 aliphatic heterocycles. The van der Waals surface area contributed by atoms with Crippen molar-refractivity contribution in [1.29, 1.82) is 0 Å². The van der Waals surface area contributed by atoms with Gasteiger partial charge in [0.15, 0.2) is 11.3 Å². The maximum absolute atomic E-state index is 13.0. The summed E-state index contributed by atoms with van der Waals surface area (Å²) < 4.78 is 14.1. The quantitative estimate of drug-likeness (QED) is 0.206. The number of fused-ring (bicyclic) bond motifs is 1. The van der Waals surface area contributed by atoms with Gasteiger partial charge in [-0.15, -0.1) is 6.58 Å². The number of H-pyrrole nitrogens is 1. The summed E-state index contributed by atoms with van der Waals surface area (Å²) in [5, 5.41) is 13.5. The number of hydrogen-bond acceptors (Lipinski definition) is 8. The smallest absolute Gasteiger partial charge is 0.256 e. The van der Waals surface area contributed by atoms with Crippen molar-refractivity contribution in [1.82, 2.24) is 19.9 Å². The molecule has 3 amide bonds. The molecule has 240 valence electrons. The first-order chi connectivity index (χ1) is 20.9. The minimum Gasteiger partial charge on any atom is -0.495 e.